The normalized spacial score (nSPS) is 14.5. The minimum Gasteiger partial charge on any atom is -0.478 e. The molecular weight excluding hydrogens is 264 g/mol. The quantitative estimate of drug-likeness (QED) is 0.637. The highest BCUT2D eigenvalue weighted by molar-refractivity contribution is 7.99. The van der Waals surface area contributed by atoms with Gasteiger partial charge in [0.05, 0.1) is 11.3 Å². The summed E-state index contributed by atoms with van der Waals surface area (Å²) in [6, 6.07) is 0. The number of aromatic nitrogens is 2. The molecule has 0 aliphatic carbocycles. The highest BCUT2D eigenvalue weighted by Crippen LogP contribution is 2.29. The van der Waals surface area contributed by atoms with Gasteiger partial charge in [-0.15, -0.1) is 11.8 Å². The van der Waals surface area contributed by atoms with E-state index in [9.17, 15) is 15.0 Å². The van der Waals surface area contributed by atoms with Gasteiger partial charge < -0.3 is 10.2 Å². The molecule has 0 aliphatic rings. The average Bonchev–Trinajstić information content (AvgIpc) is 2.24. The highest BCUT2D eigenvalue weighted by Gasteiger charge is 2.27. The van der Waals surface area contributed by atoms with Crippen LogP contribution in [0, 0.1) is 19.8 Å². The van der Waals surface area contributed by atoms with E-state index in [1.165, 1.54) is 11.8 Å². The Bertz CT molecular complexity index is 487. The first-order chi connectivity index (χ1) is 8.65. The van der Waals surface area contributed by atoms with Crippen LogP contribution in [0.5, 0.6) is 0 Å². The van der Waals surface area contributed by atoms with Crippen molar-refractivity contribution in [3.63, 3.8) is 0 Å². The van der Waals surface area contributed by atoms with Gasteiger partial charge >= 0.3 is 5.97 Å². The van der Waals surface area contributed by atoms with E-state index < -0.39 is 11.6 Å². The lowest BCUT2D eigenvalue weighted by Gasteiger charge is -2.27. The Morgan fingerprint density at radius 1 is 1.37 bits per heavy atom. The van der Waals surface area contributed by atoms with Gasteiger partial charge in [-0.25, -0.2) is 14.8 Å². The minimum atomic E-state index is -1.04. The summed E-state index contributed by atoms with van der Waals surface area (Å²) in [5.74, 6) is -0.0309. The Balaban J connectivity index is 3.04. The van der Waals surface area contributed by atoms with E-state index in [2.05, 4.69) is 9.97 Å². The lowest BCUT2D eigenvalue weighted by Crippen LogP contribution is -2.34. The van der Waals surface area contributed by atoms with Crippen molar-refractivity contribution in [2.24, 2.45) is 5.92 Å². The maximum Gasteiger partial charge on any atom is 0.340 e. The first-order valence-corrected chi connectivity index (χ1v) is 7.07. The fourth-order valence-corrected chi connectivity index (χ4v) is 2.75. The van der Waals surface area contributed by atoms with Crippen LogP contribution >= 0.6 is 11.8 Å². The summed E-state index contributed by atoms with van der Waals surface area (Å²) in [5.41, 5.74) is -0.297. The summed E-state index contributed by atoms with van der Waals surface area (Å²) in [6.07, 6.45) is 0. The van der Waals surface area contributed by atoms with Crippen molar-refractivity contribution in [3.05, 3.63) is 17.1 Å². The van der Waals surface area contributed by atoms with Crippen molar-refractivity contribution < 1.29 is 15.0 Å². The van der Waals surface area contributed by atoms with Crippen LogP contribution in [-0.2, 0) is 0 Å². The molecule has 1 aromatic rings. The topological polar surface area (TPSA) is 83.3 Å². The molecule has 0 fully saturated rings. The Labute approximate surface area is 117 Å². The number of carbonyl (C=O) groups is 1. The van der Waals surface area contributed by atoms with Crippen LogP contribution < -0.4 is 0 Å². The molecule has 1 atom stereocenters. The van der Waals surface area contributed by atoms with Crippen LogP contribution in [-0.4, -0.2) is 37.5 Å². The summed E-state index contributed by atoms with van der Waals surface area (Å²) < 4.78 is 0. The number of hydrogen-bond donors (Lipinski definition) is 2. The van der Waals surface area contributed by atoms with E-state index in [1.54, 1.807) is 20.8 Å². The zero-order valence-corrected chi connectivity index (χ0v) is 12.7. The molecule has 0 saturated carbocycles. The first-order valence-electron chi connectivity index (χ1n) is 6.09. The largest absolute Gasteiger partial charge is 0.478 e. The van der Waals surface area contributed by atoms with Crippen molar-refractivity contribution in [2.45, 2.75) is 45.2 Å². The third-order valence-corrected chi connectivity index (χ3v) is 4.42. The van der Waals surface area contributed by atoms with Crippen LogP contribution in [0.4, 0.5) is 0 Å². The predicted molar refractivity (Wildman–Crippen MR) is 74.7 cm³/mol. The number of thioether (sulfide) groups is 1. The average molecular weight is 284 g/mol. The molecule has 19 heavy (non-hydrogen) atoms. The molecule has 1 aromatic heterocycles. The first kappa shape index (κ1) is 15.9. The SMILES string of the molecule is Cc1nc(C)c(C(=O)O)c(SCC(C)(O)C(C)C)n1. The van der Waals surface area contributed by atoms with Gasteiger partial charge in [0, 0.05) is 5.75 Å². The van der Waals surface area contributed by atoms with Gasteiger partial charge in [0.1, 0.15) is 16.4 Å². The standard InChI is InChI=1S/C13H20N2O3S/c1-7(2)13(5,18)6-19-11-10(12(16)17)8(3)14-9(4)15-11/h7,18H,6H2,1-5H3,(H,16,17). The van der Waals surface area contributed by atoms with Crippen LogP contribution in [0.3, 0.4) is 0 Å². The van der Waals surface area contributed by atoms with Gasteiger partial charge in [0.25, 0.3) is 0 Å². The van der Waals surface area contributed by atoms with Crippen LogP contribution in [0.15, 0.2) is 5.03 Å². The molecule has 5 nitrogen and oxygen atoms in total. The molecule has 106 valence electrons. The number of rotatable bonds is 5. The molecule has 0 aromatic carbocycles. The molecule has 0 radical (unpaired) electrons. The summed E-state index contributed by atoms with van der Waals surface area (Å²) in [6.45, 7) is 8.97. The molecule has 0 saturated heterocycles. The molecule has 0 bridgehead atoms. The molecule has 1 unspecified atom stereocenters. The third-order valence-electron chi connectivity index (χ3n) is 3.13. The number of aromatic carboxylic acids is 1. The second-order valence-corrected chi connectivity index (χ2v) is 6.11. The van der Waals surface area contributed by atoms with E-state index in [4.69, 9.17) is 0 Å². The van der Waals surface area contributed by atoms with Crippen molar-refractivity contribution >= 4 is 17.7 Å². The maximum absolute atomic E-state index is 11.3. The minimum absolute atomic E-state index is 0.0808. The molecule has 6 heteroatoms. The fourth-order valence-electron chi connectivity index (χ4n) is 1.41. The lowest BCUT2D eigenvalue weighted by atomic mass is 9.95. The summed E-state index contributed by atoms with van der Waals surface area (Å²) in [5, 5.41) is 19.8. The van der Waals surface area contributed by atoms with E-state index in [1.807, 2.05) is 13.8 Å². The van der Waals surface area contributed by atoms with Crippen molar-refractivity contribution in [3.8, 4) is 0 Å². The van der Waals surface area contributed by atoms with Gasteiger partial charge in [-0.2, -0.15) is 0 Å². The number of aryl methyl sites for hydroxylation is 2. The Hall–Kier alpha value is -1.14. The zero-order chi connectivity index (χ0) is 14.8. The molecular formula is C13H20N2O3S. The van der Waals surface area contributed by atoms with E-state index in [0.717, 1.165) is 0 Å². The second-order valence-electron chi connectivity index (χ2n) is 5.14. The van der Waals surface area contributed by atoms with Crippen molar-refractivity contribution in [1.29, 1.82) is 0 Å². The van der Waals surface area contributed by atoms with E-state index in [-0.39, 0.29) is 11.5 Å². The van der Waals surface area contributed by atoms with Gasteiger partial charge in [-0.3, -0.25) is 0 Å². The predicted octanol–water partition coefficient (Wildman–Crippen LogP) is 2.29. The smallest absolute Gasteiger partial charge is 0.340 e. The molecule has 2 N–H and O–H groups in total. The Kier molecular flexibility index (Phi) is 4.92. The Morgan fingerprint density at radius 3 is 2.42 bits per heavy atom. The van der Waals surface area contributed by atoms with Gasteiger partial charge in [-0.05, 0) is 26.7 Å². The maximum atomic E-state index is 11.3. The molecule has 1 heterocycles. The summed E-state index contributed by atoms with van der Waals surface area (Å²) >= 11 is 1.26. The number of carboxylic acids is 1. The van der Waals surface area contributed by atoms with Crippen LogP contribution in [0.2, 0.25) is 0 Å². The molecule has 0 aliphatic heterocycles. The van der Waals surface area contributed by atoms with E-state index >= 15 is 0 Å². The number of carboxylic acid groups (broad SMARTS) is 1. The highest BCUT2D eigenvalue weighted by atomic mass is 32.2. The van der Waals surface area contributed by atoms with Gasteiger partial charge in [-0.1, -0.05) is 13.8 Å². The van der Waals surface area contributed by atoms with Gasteiger partial charge in [0.15, 0.2) is 0 Å². The van der Waals surface area contributed by atoms with Crippen molar-refractivity contribution in [1.82, 2.24) is 9.97 Å². The van der Waals surface area contributed by atoms with Crippen LogP contribution in [0.25, 0.3) is 0 Å². The molecule has 1 rings (SSSR count). The summed E-state index contributed by atoms with van der Waals surface area (Å²) in [4.78, 5) is 19.5. The van der Waals surface area contributed by atoms with E-state index in [0.29, 0.717) is 22.3 Å². The zero-order valence-electron chi connectivity index (χ0n) is 11.9. The molecule has 0 amide bonds. The number of hydrogen-bond acceptors (Lipinski definition) is 5. The third kappa shape index (κ3) is 3.91. The lowest BCUT2D eigenvalue weighted by molar-refractivity contribution is 0.0375. The molecule has 0 spiro atoms. The number of nitrogens with zero attached hydrogens (tertiary/aromatic N) is 2. The fraction of sp³-hybridized carbons (Fsp3) is 0.615. The monoisotopic (exact) mass is 284 g/mol. The Morgan fingerprint density at radius 2 is 1.95 bits per heavy atom. The van der Waals surface area contributed by atoms with Crippen molar-refractivity contribution in [2.75, 3.05) is 5.75 Å². The second kappa shape index (κ2) is 5.88. The van der Waals surface area contributed by atoms with Gasteiger partial charge in [0.2, 0.25) is 0 Å². The van der Waals surface area contributed by atoms with Crippen LogP contribution in [0.1, 0.15) is 42.6 Å². The number of aliphatic hydroxyl groups is 1. The summed E-state index contributed by atoms with van der Waals surface area (Å²) in [7, 11) is 0.